The number of carbonyl (C=O) groups is 2. The van der Waals surface area contributed by atoms with E-state index in [9.17, 15) is 14.0 Å². The first-order valence-electron chi connectivity index (χ1n) is 12.1. The Hall–Kier alpha value is -2.89. The van der Waals surface area contributed by atoms with E-state index in [0.29, 0.717) is 36.6 Å². The molecule has 0 aromatic heterocycles. The van der Waals surface area contributed by atoms with Crippen LogP contribution in [0.15, 0.2) is 48.5 Å². The van der Waals surface area contributed by atoms with Crippen molar-refractivity contribution in [1.29, 1.82) is 0 Å². The minimum absolute atomic E-state index is 0.0880. The molecule has 2 aromatic rings. The highest BCUT2D eigenvalue weighted by atomic mass is 19.1. The Morgan fingerprint density at radius 1 is 1.09 bits per heavy atom. The third-order valence-corrected chi connectivity index (χ3v) is 6.99. The van der Waals surface area contributed by atoms with Crippen LogP contribution >= 0.6 is 0 Å². The van der Waals surface area contributed by atoms with Crippen molar-refractivity contribution in [2.75, 3.05) is 23.4 Å². The lowest BCUT2D eigenvalue weighted by Crippen LogP contribution is -2.47. The summed E-state index contributed by atoms with van der Waals surface area (Å²) < 4.78 is 18.2. The minimum Gasteiger partial charge on any atom is -0.466 e. The van der Waals surface area contributed by atoms with Crippen LogP contribution in [0.3, 0.4) is 0 Å². The number of anilines is 2. The molecule has 0 saturated heterocycles. The lowest BCUT2D eigenvalue weighted by Gasteiger charge is -2.45. The molecule has 1 fully saturated rings. The Morgan fingerprint density at radius 3 is 2.67 bits per heavy atom. The molecule has 3 unspecified atom stereocenters. The molecule has 0 bridgehead atoms. The Morgan fingerprint density at radius 2 is 1.88 bits per heavy atom. The van der Waals surface area contributed by atoms with E-state index in [-0.39, 0.29) is 24.2 Å². The number of ether oxygens (including phenoxy) is 1. The van der Waals surface area contributed by atoms with Crippen molar-refractivity contribution < 1.29 is 18.7 Å². The second-order valence-electron chi connectivity index (χ2n) is 9.06. The molecule has 2 aliphatic rings. The van der Waals surface area contributed by atoms with Crippen LogP contribution in [0.1, 0.15) is 63.4 Å². The van der Waals surface area contributed by atoms with Gasteiger partial charge in [0.1, 0.15) is 5.82 Å². The third-order valence-electron chi connectivity index (χ3n) is 6.99. The minimum atomic E-state index is -0.319. The Labute approximate surface area is 195 Å². The van der Waals surface area contributed by atoms with Crippen LogP contribution in [-0.2, 0) is 14.3 Å². The summed E-state index contributed by atoms with van der Waals surface area (Å²) in [7, 11) is 0. The molecule has 1 aliphatic heterocycles. The molecule has 33 heavy (non-hydrogen) atoms. The topological polar surface area (TPSA) is 58.6 Å². The van der Waals surface area contributed by atoms with Gasteiger partial charge in [0.05, 0.1) is 13.2 Å². The molecule has 3 atom stereocenters. The zero-order valence-electron chi connectivity index (χ0n) is 19.3. The number of benzene rings is 2. The number of rotatable bonds is 9. The fourth-order valence-corrected chi connectivity index (χ4v) is 5.62. The number of para-hydroxylation sites is 1. The first-order valence-corrected chi connectivity index (χ1v) is 12.1. The normalized spacial score (nSPS) is 21.3. The molecule has 0 spiro atoms. The summed E-state index contributed by atoms with van der Waals surface area (Å²) in [6.45, 7) is 2.55. The van der Waals surface area contributed by atoms with Gasteiger partial charge in [-0.3, -0.25) is 9.59 Å². The van der Waals surface area contributed by atoms with Gasteiger partial charge in [0.25, 0.3) is 0 Å². The number of hydrogen-bond acceptors (Lipinski definition) is 4. The van der Waals surface area contributed by atoms with Crippen molar-refractivity contribution in [2.24, 2.45) is 5.92 Å². The molecule has 5 nitrogen and oxygen atoms in total. The van der Waals surface area contributed by atoms with Crippen LogP contribution in [0.4, 0.5) is 15.8 Å². The number of carbonyl (C=O) groups excluding carboxylic acids is 2. The van der Waals surface area contributed by atoms with Crippen LogP contribution in [0.2, 0.25) is 0 Å². The van der Waals surface area contributed by atoms with Gasteiger partial charge < -0.3 is 15.0 Å². The first kappa shape index (κ1) is 23.3. The van der Waals surface area contributed by atoms with E-state index in [2.05, 4.69) is 28.4 Å². The molecule has 1 saturated carbocycles. The number of fused-ring (bicyclic) bond motifs is 2. The molecular formula is C27H33FN2O3. The van der Waals surface area contributed by atoms with Crippen LogP contribution in [0.25, 0.3) is 0 Å². The predicted octanol–water partition coefficient (Wildman–Crippen LogP) is 5.66. The smallest absolute Gasteiger partial charge is 0.305 e. The predicted molar refractivity (Wildman–Crippen MR) is 128 cm³/mol. The Bertz CT molecular complexity index is 962. The number of nitrogens with one attached hydrogen (secondary N) is 1. The Kier molecular flexibility index (Phi) is 7.63. The van der Waals surface area contributed by atoms with E-state index in [1.54, 1.807) is 12.1 Å². The van der Waals surface area contributed by atoms with Crippen molar-refractivity contribution in [2.45, 2.75) is 63.8 Å². The van der Waals surface area contributed by atoms with Crippen molar-refractivity contribution in [3.63, 3.8) is 0 Å². The molecule has 1 amide bonds. The molecule has 1 N–H and O–H groups in total. The average molecular weight is 453 g/mol. The first-order chi connectivity index (χ1) is 16.1. The summed E-state index contributed by atoms with van der Waals surface area (Å²) in [5.41, 5.74) is 3.06. The lowest BCUT2D eigenvalue weighted by atomic mass is 9.75. The van der Waals surface area contributed by atoms with Crippen molar-refractivity contribution in [1.82, 2.24) is 0 Å². The maximum absolute atomic E-state index is 13.2. The largest absolute Gasteiger partial charge is 0.466 e. The van der Waals surface area contributed by atoms with Gasteiger partial charge in [-0.2, -0.15) is 0 Å². The summed E-state index contributed by atoms with van der Waals surface area (Å²) in [6, 6.07) is 14.7. The van der Waals surface area contributed by atoms with E-state index >= 15 is 0 Å². The highest BCUT2D eigenvalue weighted by Crippen LogP contribution is 2.50. The fourth-order valence-electron chi connectivity index (χ4n) is 5.62. The number of halogens is 1. The van der Waals surface area contributed by atoms with Gasteiger partial charge in [0.15, 0.2) is 0 Å². The van der Waals surface area contributed by atoms with Gasteiger partial charge in [-0.05, 0) is 80.3 Å². The monoisotopic (exact) mass is 452 g/mol. The maximum atomic E-state index is 13.2. The summed E-state index contributed by atoms with van der Waals surface area (Å²) in [5.74, 6) is 0.446. The van der Waals surface area contributed by atoms with Crippen LogP contribution in [0.5, 0.6) is 0 Å². The van der Waals surface area contributed by atoms with Gasteiger partial charge in [-0.25, -0.2) is 4.39 Å². The molecule has 4 rings (SSSR count). The van der Waals surface area contributed by atoms with Gasteiger partial charge in [-0.1, -0.05) is 31.0 Å². The number of esters is 1. The van der Waals surface area contributed by atoms with E-state index < -0.39 is 0 Å². The van der Waals surface area contributed by atoms with Crippen molar-refractivity contribution in [3.8, 4) is 0 Å². The van der Waals surface area contributed by atoms with E-state index in [1.807, 2.05) is 13.0 Å². The molecule has 2 aromatic carbocycles. The second-order valence-corrected chi connectivity index (χ2v) is 9.06. The summed E-state index contributed by atoms with van der Waals surface area (Å²) in [5, 5.41) is 2.91. The van der Waals surface area contributed by atoms with Gasteiger partial charge in [0.2, 0.25) is 5.91 Å². The van der Waals surface area contributed by atoms with E-state index in [1.165, 1.54) is 24.1 Å². The SMILES string of the molecule is CCOC(=O)CCCCC1c2ccccc2N(CC(=O)Nc2ccc(F)cc2)C2CCCC12. The van der Waals surface area contributed by atoms with E-state index in [4.69, 9.17) is 4.74 Å². The summed E-state index contributed by atoms with van der Waals surface area (Å²) in [6.07, 6.45) is 6.78. The molecule has 1 aliphatic carbocycles. The third kappa shape index (κ3) is 5.55. The van der Waals surface area contributed by atoms with Crippen LogP contribution in [-0.4, -0.2) is 31.1 Å². The van der Waals surface area contributed by atoms with Gasteiger partial charge >= 0.3 is 5.97 Å². The average Bonchev–Trinajstić information content (AvgIpc) is 3.29. The lowest BCUT2D eigenvalue weighted by molar-refractivity contribution is -0.143. The highest BCUT2D eigenvalue weighted by Gasteiger charge is 2.43. The van der Waals surface area contributed by atoms with Crippen molar-refractivity contribution in [3.05, 3.63) is 59.9 Å². The summed E-state index contributed by atoms with van der Waals surface area (Å²) >= 11 is 0. The Balaban J connectivity index is 1.46. The quantitative estimate of drug-likeness (QED) is 0.394. The summed E-state index contributed by atoms with van der Waals surface area (Å²) in [4.78, 5) is 26.8. The van der Waals surface area contributed by atoms with Crippen LogP contribution in [0, 0.1) is 11.7 Å². The van der Waals surface area contributed by atoms with Crippen LogP contribution < -0.4 is 10.2 Å². The maximum Gasteiger partial charge on any atom is 0.305 e. The fraction of sp³-hybridized carbons (Fsp3) is 0.481. The number of unbranched alkanes of at least 4 members (excludes halogenated alkanes) is 1. The molecule has 176 valence electrons. The molecule has 0 radical (unpaired) electrons. The molecule has 1 heterocycles. The zero-order chi connectivity index (χ0) is 23.2. The highest BCUT2D eigenvalue weighted by molar-refractivity contribution is 5.94. The van der Waals surface area contributed by atoms with Gasteiger partial charge in [0, 0.05) is 23.8 Å². The van der Waals surface area contributed by atoms with Gasteiger partial charge in [-0.15, -0.1) is 0 Å². The zero-order valence-corrected chi connectivity index (χ0v) is 19.3. The second kappa shape index (κ2) is 10.8. The van der Waals surface area contributed by atoms with Crippen molar-refractivity contribution >= 4 is 23.3 Å². The number of nitrogens with zero attached hydrogens (tertiary/aromatic N) is 1. The van der Waals surface area contributed by atoms with E-state index in [0.717, 1.165) is 37.8 Å². The standard InChI is InChI=1S/C27H33FN2O3/c1-2-33-27(32)13-6-4-8-21-22-9-3-5-11-24(22)30(25-12-7-10-23(21)25)18-26(31)29-20-16-14-19(28)15-17-20/h3,5,9,11,14-17,21,23,25H,2,4,6-8,10,12-13,18H2,1H3,(H,29,31). The number of hydrogen-bond donors (Lipinski definition) is 1. The number of amides is 1. The molecular weight excluding hydrogens is 419 g/mol. The molecule has 6 heteroatoms.